The van der Waals surface area contributed by atoms with E-state index in [2.05, 4.69) is 16.8 Å². The van der Waals surface area contributed by atoms with Crippen LogP contribution in [-0.4, -0.2) is 40.2 Å². The van der Waals surface area contributed by atoms with E-state index in [9.17, 15) is 8.42 Å². The molecule has 1 atom stereocenters. The SMILES string of the molecule is COc1cc2ncc(S(=O)(=O)c3ccc(Cl)cc3)c(N3CCCC[C@@H]3C)c2cc1OC. The van der Waals surface area contributed by atoms with Crippen LogP contribution in [0, 0.1) is 0 Å². The van der Waals surface area contributed by atoms with Crippen molar-refractivity contribution in [1.82, 2.24) is 4.98 Å². The summed E-state index contributed by atoms with van der Waals surface area (Å²) in [6.45, 7) is 2.91. The van der Waals surface area contributed by atoms with Crippen molar-refractivity contribution in [3.05, 3.63) is 47.6 Å². The van der Waals surface area contributed by atoms with Crippen LogP contribution < -0.4 is 14.4 Å². The zero-order valence-electron chi connectivity index (χ0n) is 17.8. The predicted octanol–water partition coefficient (Wildman–Crippen LogP) is 5.12. The Balaban J connectivity index is 2.02. The van der Waals surface area contributed by atoms with Gasteiger partial charge in [0.1, 0.15) is 4.90 Å². The van der Waals surface area contributed by atoms with Crippen LogP contribution in [0.4, 0.5) is 5.69 Å². The summed E-state index contributed by atoms with van der Waals surface area (Å²) in [6.07, 6.45) is 4.57. The van der Waals surface area contributed by atoms with E-state index in [1.54, 1.807) is 32.4 Å². The zero-order chi connectivity index (χ0) is 22.2. The quantitative estimate of drug-likeness (QED) is 0.526. The van der Waals surface area contributed by atoms with Gasteiger partial charge in [0.2, 0.25) is 9.84 Å². The molecule has 1 fully saturated rings. The number of pyridine rings is 1. The number of anilines is 1. The highest BCUT2D eigenvalue weighted by atomic mass is 35.5. The lowest BCUT2D eigenvalue weighted by atomic mass is 10.0. The minimum Gasteiger partial charge on any atom is -0.493 e. The van der Waals surface area contributed by atoms with Gasteiger partial charge in [0, 0.05) is 35.3 Å². The number of ether oxygens (including phenoxy) is 2. The third kappa shape index (κ3) is 3.92. The number of methoxy groups -OCH3 is 2. The van der Waals surface area contributed by atoms with Gasteiger partial charge in [0.05, 0.1) is 30.3 Å². The van der Waals surface area contributed by atoms with Gasteiger partial charge in [-0.05, 0) is 56.5 Å². The lowest BCUT2D eigenvalue weighted by molar-refractivity contribution is 0.355. The van der Waals surface area contributed by atoms with E-state index < -0.39 is 9.84 Å². The number of piperidine rings is 1. The highest BCUT2D eigenvalue weighted by Crippen LogP contribution is 2.42. The molecule has 0 bridgehead atoms. The van der Waals surface area contributed by atoms with Crippen LogP contribution in [0.3, 0.4) is 0 Å². The van der Waals surface area contributed by atoms with Gasteiger partial charge in [-0.25, -0.2) is 8.42 Å². The number of benzene rings is 2. The van der Waals surface area contributed by atoms with E-state index in [0.29, 0.717) is 27.7 Å². The number of hydrogen-bond donors (Lipinski definition) is 0. The number of fused-ring (bicyclic) bond motifs is 1. The Kier molecular flexibility index (Phi) is 5.99. The standard InChI is InChI=1S/C23H25ClN2O4S/c1-15-6-4-5-11-26(15)23-18-12-20(29-2)21(30-3)13-19(18)25-14-22(23)31(27,28)17-9-7-16(24)8-10-17/h7-10,12-15H,4-6,11H2,1-3H3/t15-/m0/s1. The molecule has 8 heteroatoms. The van der Waals surface area contributed by atoms with Crippen LogP contribution in [0.1, 0.15) is 26.2 Å². The van der Waals surface area contributed by atoms with Crippen LogP contribution in [-0.2, 0) is 9.84 Å². The van der Waals surface area contributed by atoms with E-state index in [4.69, 9.17) is 21.1 Å². The van der Waals surface area contributed by atoms with Crippen LogP contribution in [0.15, 0.2) is 52.4 Å². The lowest BCUT2D eigenvalue weighted by Crippen LogP contribution is -2.38. The van der Waals surface area contributed by atoms with Crippen LogP contribution in [0.25, 0.3) is 10.9 Å². The molecule has 31 heavy (non-hydrogen) atoms. The first-order valence-corrected chi connectivity index (χ1v) is 12.0. The third-order valence-electron chi connectivity index (χ3n) is 5.81. The Morgan fingerprint density at radius 3 is 2.39 bits per heavy atom. The number of nitrogens with zero attached hydrogens (tertiary/aromatic N) is 2. The fourth-order valence-corrected chi connectivity index (χ4v) is 5.70. The monoisotopic (exact) mass is 460 g/mol. The summed E-state index contributed by atoms with van der Waals surface area (Å²) in [6, 6.07) is 10.0. The molecule has 1 saturated heterocycles. The van der Waals surface area contributed by atoms with Crippen molar-refractivity contribution < 1.29 is 17.9 Å². The second kappa shape index (κ2) is 8.55. The lowest BCUT2D eigenvalue weighted by Gasteiger charge is -2.37. The van der Waals surface area contributed by atoms with Crippen LogP contribution in [0.2, 0.25) is 5.02 Å². The molecule has 0 aliphatic carbocycles. The molecule has 0 spiro atoms. The number of sulfone groups is 1. The maximum Gasteiger partial charge on any atom is 0.210 e. The van der Waals surface area contributed by atoms with Gasteiger partial charge in [-0.2, -0.15) is 0 Å². The Morgan fingerprint density at radius 2 is 1.74 bits per heavy atom. The molecular weight excluding hydrogens is 436 g/mol. The second-order valence-corrected chi connectivity index (χ2v) is 10.0. The zero-order valence-corrected chi connectivity index (χ0v) is 19.3. The second-order valence-electron chi connectivity index (χ2n) is 7.69. The normalized spacial score (nSPS) is 17.0. The number of hydrogen-bond acceptors (Lipinski definition) is 6. The summed E-state index contributed by atoms with van der Waals surface area (Å²) in [5.41, 5.74) is 1.31. The van der Waals surface area contributed by atoms with Crippen molar-refractivity contribution >= 4 is 38.0 Å². The Bertz CT molecular complexity index is 1210. The summed E-state index contributed by atoms with van der Waals surface area (Å²) in [7, 11) is -0.691. The molecule has 0 N–H and O–H groups in total. The van der Waals surface area contributed by atoms with Gasteiger partial charge in [-0.1, -0.05) is 11.6 Å². The maximum absolute atomic E-state index is 13.7. The van der Waals surface area contributed by atoms with Gasteiger partial charge in [0.15, 0.2) is 11.5 Å². The fraction of sp³-hybridized carbons (Fsp3) is 0.348. The van der Waals surface area contributed by atoms with Crippen molar-refractivity contribution in [2.75, 3.05) is 25.7 Å². The number of halogens is 1. The molecule has 4 rings (SSSR count). The average molecular weight is 461 g/mol. The van der Waals surface area contributed by atoms with Crippen LogP contribution in [0.5, 0.6) is 11.5 Å². The summed E-state index contributed by atoms with van der Waals surface area (Å²) >= 11 is 5.98. The largest absolute Gasteiger partial charge is 0.493 e. The van der Waals surface area contributed by atoms with E-state index in [1.807, 2.05) is 6.07 Å². The first-order valence-electron chi connectivity index (χ1n) is 10.2. The third-order valence-corrected chi connectivity index (χ3v) is 7.84. The first-order chi connectivity index (χ1) is 14.9. The van der Waals surface area contributed by atoms with E-state index in [0.717, 1.165) is 31.2 Å². The summed E-state index contributed by atoms with van der Waals surface area (Å²) in [5.74, 6) is 1.08. The molecule has 6 nitrogen and oxygen atoms in total. The molecule has 2 heterocycles. The van der Waals surface area contributed by atoms with Gasteiger partial charge in [-0.3, -0.25) is 4.98 Å². The molecule has 0 radical (unpaired) electrons. The Labute approximate surface area is 187 Å². The van der Waals surface area contributed by atoms with Crippen molar-refractivity contribution in [1.29, 1.82) is 0 Å². The minimum absolute atomic E-state index is 0.184. The Hall–Kier alpha value is -2.51. The molecule has 2 aromatic carbocycles. The smallest absolute Gasteiger partial charge is 0.210 e. The van der Waals surface area contributed by atoms with Gasteiger partial charge >= 0.3 is 0 Å². The Morgan fingerprint density at radius 1 is 1.06 bits per heavy atom. The summed E-state index contributed by atoms with van der Waals surface area (Å²) in [5, 5.41) is 1.21. The first kappa shape index (κ1) is 21.7. The van der Waals surface area contributed by atoms with E-state index in [1.165, 1.54) is 18.3 Å². The van der Waals surface area contributed by atoms with E-state index in [-0.39, 0.29) is 15.8 Å². The summed E-state index contributed by atoms with van der Waals surface area (Å²) < 4.78 is 38.3. The van der Waals surface area contributed by atoms with Gasteiger partial charge in [0.25, 0.3) is 0 Å². The van der Waals surface area contributed by atoms with E-state index >= 15 is 0 Å². The van der Waals surface area contributed by atoms with Gasteiger partial charge < -0.3 is 14.4 Å². The molecule has 1 aliphatic heterocycles. The molecule has 3 aromatic rings. The highest BCUT2D eigenvalue weighted by Gasteiger charge is 2.30. The molecule has 164 valence electrons. The van der Waals surface area contributed by atoms with Crippen molar-refractivity contribution in [2.45, 2.75) is 42.0 Å². The molecule has 1 aromatic heterocycles. The van der Waals surface area contributed by atoms with Crippen molar-refractivity contribution in [3.63, 3.8) is 0 Å². The average Bonchev–Trinajstić information content (AvgIpc) is 2.78. The molecule has 0 saturated carbocycles. The molecular formula is C23H25ClN2O4S. The predicted molar refractivity (Wildman–Crippen MR) is 122 cm³/mol. The minimum atomic E-state index is -3.82. The van der Waals surface area contributed by atoms with Crippen molar-refractivity contribution in [2.24, 2.45) is 0 Å². The molecule has 0 amide bonds. The summed E-state index contributed by atoms with van der Waals surface area (Å²) in [4.78, 5) is 7.04. The highest BCUT2D eigenvalue weighted by molar-refractivity contribution is 7.91. The number of aromatic nitrogens is 1. The maximum atomic E-state index is 13.7. The molecule has 0 unspecified atom stereocenters. The van der Waals surface area contributed by atoms with Crippen LogP contribution >= 0.6 is 11.6 Å². The van der Waals surface area contributed by atoms with Gasteiger partial charge in [-0.15, -0.1) is 0 Å². The topological polar surface area (TPSA) is 68.7 Å². The number of rotatable bonds is 5. The van der Waals surface area contributed by atoms with Crippen molar-refractivity contribution in [3.8, 4) is 11.5 Å². The fourth-order valence-electron chi connectivity index (χ4n) is 4.15. The molecule has 1 aliphatic rings.